The molecule has 0 radical (unpaired) electrons. The SMILES string of the molecule is CS(=O)(=O)CCC(=O)NCCc1c[nH]c2ccccc12. The van der Waals surface area contributed by atoms with Gasteiger partial charge in [-0.3, -0.25) is 4.79 Å². The maximum Gasteiger partial charge on any atom is 0.221 e. The van der Waals surface area contributed by atoms with Gasteiger partial charge in [-0.2, -0.15) is 0 Å². The van der Waals surface area contributed by atoms with Gasteiger partial charge in [0.2, 0.25) is 5.91 Å². The van der Waals surface area contributed by atoms with Crippen LogP contribution in [0.3, 0.4) is 0 Å². The highest BCUT2D eigenvalue weighted by Gasteiger charge is 2.08. The van der Waals surface area contributed by atoms with Crippen LogP contribution in [0.1, 0.15) is 12.0 Å². The van der Waals surface area contributed by atoms with Gasteiger partial charge in [-0.1, -0.05) is 18.2 Å². The maximum atomic E-state index is 11.5. The molecule has 0 unspecified atom stereocenters. The fraction of sp³-hybridized carbons (Fsp3) is 0.357. The fourth-order valence-corrected chi connectivity index (χ4v) is 2.60. The normalized spacial score (nSPS) is 11.7. The van der Waals surface area contributed by atoms with Crippen LogP contribution in [0.15, 0.2) is 30.5 Å². The lowest BCUT2D eigenvalue weighted by Crippen LogP contribution is -2.27. The molecule has 2 rings (SSSR count). The summed E-state index contributed by atoms with van der Waals surface area (Å²) in [6.07, 6.45) is 3.81. The molecule has 0 aliphatic rings. The van der Waals surface area contributed by atoms with Crippen molar-refractivity contribution in [3.05, 3.63) is 36.0 Å². The van der Waals surface area contributed by atoms with Crippen LogP contribution in [-0.4, -0.2) is 37.9 Å². The molecule has 0 bridgehead atoms. The summed E-state index contributed by atoms with van der Waals surface area (Å²) < 4.78 is 21.9. The first-order chi connectivity index (χ1) is 9.46. The molecule has 1 aromatic carbocycles. The van der Waals surface area contributed by atoms with E-state index in [1.807, 2.05) is 30.5 Å². The van der Waals surface area contributed by atoms with Crippen LogP contribution in [0.4, 0.5) is 0 Å². The number of sulfone groups is 1. The summed E-state index contributed by atoms with van der Waals surface area (Å²) in [6, 6.07) is 7.98. The molecule has 1 aromatic heterocycles. The van der Waals surface area contributed by atoms with Crippen molar-refractivity contribution in [1.29, 1.82) is 0 Å². The van der Waals surface area contributed by atoms with Crippen molar-refractivity contribution in [2.75, 3.05) is 18.6 Å². The van der Waals surface area contributed by atoms with E-state index in [0.29, 0.717) is 13.0 Å². The number of para-hydroxylation sites is 1. The average molecular weight is 294 g/mol. The molecule has 5 nitrogen and oxygen atoms in total. The molecule has 0 saturated carbocycles. The minimum absolute atomic E-state index is 0.0206. The van der Waals surface area contributed by atoms with Gasteiger partial charge in [0.15, 0.2) is 0 Å². The third-order valence-corrected chi connectivity index (χ3v) is 4.04. The highest BCUT2D eigenvalue weighted by atomic mass is 32.2. The fourth-order valence-electron chi connectivity index (χ4n) is 2.04. The highest BCUT2D eigenvalue weighted by Crippen LogP contribution is 2.17. The number of carbonyl (C=O) groups excluding carboxylic acids is 1. The van der Waals surface area contributed by atoms with Crippen molar-refractivity contribution < 1.29 is 13.2 Å². The summed E-state index contributed by atoms with van der Waals surface area (Å²) in [5.74, 6) is -0.332. The summed E-state index contributed by atoms with van der Waals surface area (Å²) in [5.41, 5.74) is 2.22. The van der Waals surface area contributed by atoms with Crippen molar-refractivity contribution >= 4 is 26.6 Å². The molecule has 1 heterocycles. The number of rotatable bonds is 6. The van der Waals surface area contributed by atoms with Crippen molar-refractivity contribution in [1.82, 2.24) is 10.3 Å². The van der Waals surface area contributed by atoms with Gasteiger partial charge in [-0.25, -0.2) is 8.42 Å². The highest BCUT2D eigenvalue weighted by molar-refractivity contribution is 7.90. The lowest BCUT2D eigenvalue weighted by molar-refractivity contribution is -0.120. The number of hydrogen-bond acceptors (Lipinski definition) is 3. The van der Waals surface area contributed by atoms with Crippen LogP contribution < -0.4 is 5.32 Å². The van der Waals surface area contributed by atoms with Crippen molar-refractivity contribution in [2.24, 2.45) is 0 Å². The van der Waals surface area contributed by atoms with E-state index in [1.165, 1.54) is 0 Å². The first-order valence-corrected chi connectivity index (χ1v) is 8.51. The van der Waals surface area contributed by atoms with E-state index in [4.69, 9.17) is 0 Å². The first-order valence-electron chi connectivity index (χ1n) is 6.45. The van der Waals surface area contributed by atoms with Gasteiger partial charge >= 0.3 is 0 Å². The Hall–Kier alpha value is -1.82. The zero-order valence-corrected chi connectivity index (χ0v) is 12.2. The average Bonchev–Trinajstić information content (AvgIpc) is 2.79. The molecule has 0 spiro atoms. The molecular weight excluding hydrogens is 276 g/mol. The van der Waals surface area contributed by atoms with E-state index in [0.717, 1.165) is 22.7 Å². The number of H-pyrrole nitrogens is 1. The van der Waals surface area contributed by atoms with E-state index in [1.54, 1.807) is 0 Å². The standard InChI is InChI=1S/C14H18N2O3S/c1-20(18,19)9-7-14(17)15-8-6-11-10-16-13-5-3-2-4-12(11)13/h2-5,10,16H,6-9H2,1H3,(H,15,17). The van der Waals surface area contributed by atoms with Crippen molar-refractivity contribution in [3.8, 4) is 0 Å². The van der Waals surface area contributed by atoms with Gasteiger partial charge in [0.1, 0.15) is 9.84 Å². The quantitative estimate of drug-likeness (QED) is 0.842. The monoisotopic (exact) mass is 294 g/mol. The zero-order chi connectivity index (χ0) is 14.6. The van der Waals surface area contributed by atoms with Crippen LogP contribution >= 0.6 is 0 Å². The Bertz CT molecular complexity index is 704. The lowest BCUT2D eigenvalue weighted by Gasteiger charge is -2.04. The molecule has 0 fully saturated rings. The number of nitrogens with one attached hydrogen (secondary N) is 2. The first kappa shape index (κ1) is 14.6. The predicted molar refractivity (Wildman–Crippen MR) is 79.3 cm³/mol. The topological polar surface area (TPSA) is 79.0 Å². The lowest BCUT2D eigenvalue weighted by atomic mass is 10.1. The molecule has 0 aliphatic carbocycles. The molecule has 108 valence electrons. The summed E-state index contributed by atoms with van der Waals surface area (Å²) in [7, 11) is -3.08. The smallest absolute Gasteiger partial charge is 0.221 e. The van der Waals surface area contributed by atoms with Gasteiger partial charge in [-0.15, -0.1) is 0 Å². The number of carbonyl (C=O) groups is 1. The van der Waals surface area contributed by atoms with Gasteiger partial charge in [0.25, 0.3) is 0 Å². The van der Waals surface area contributed by atoms with Gasteiger partial charge in [0, 0.05) is 36.3 Å². The van der Waals surface area contributed by atoms with E-state index >= 15 is 0 Å². The van der Waals surface area contributed by atoms with Crippen LogP contribution in [0.5, 0.6) is 0 Å². The van der Waals surface area contributed by atoms with E-state index in [-0.39, 0.29) is 18.1 Å². The van der Waals surface area contributed by atoms with Crippen LogP contribution in [-0.2, 0) is 21.1 Å². The number of aromatic amines is 1. The Morgan fingerprint density at radius 3 is 2.80 bits per heavy atom. The predicted octanol–water partition coefficient (Wildman–Crippen LogP) is 1.26. The summed E-state index contributed by atoms with van der Waals surface area (Å²) in [4.78, 5) is 14.7. The van der Waals surface area contributed by atoms with Gasteiger partial charge in [-0.05, 0) is 18.1 Å². The molecule has 2 aromatic rings. The molecule has 2 N–H and O–H groups in total. The number of benzene rings is 1. The Morgan fingerprint density at radius 1 is 1.30 bits per heavy atom. The van der Waals surface area contributed by atoms with E-state index in [9.17, 15) is 13.2 Å². The van der Waals surface area contributed by atoms with Crippen molar-refractivity contribution in [2.45, 2.75) is 12.8 Å². The number of fused-ring (bicyclic) bond motifs is 1. The third-order valence-electron chi connectivity index (χ3n) is 3.09. The zero-order valence-electron chi connectivity index (χ0n) is 11.3. The summed E-state index contributed by atoms with van der Waals surface area (Å²) in [5, 5.41) is 3.89. The number of amides is 1. The molecule has 6 heteroatoms. The Kier molecular flexibility index (Phi) is 4.44. The molecule has 1 amide bonds. The minimum Gasteiger partial charge on any atom is -0.361 e. The summed E-state index contributed by atoms with van der Waals surface area (Å²) in [6.45, 7) is 0.504. The van der Waals surface area contributed by atoms with Crippen LogP contribution in [0.2, 0.25) is 0 Å². The molecule has 0 aliphatic heterocycles. The van der Waals surface area contributed by atoms with Crippen LogP contribution in [0.25, 0.3) is 10.9 Å². The molecule has 20 heavy (non-hydrogen) atoms. The van der Waals surface area contributed by atoms with Gasteiger partial charge in [0.05, 0.1) is 5.75 Å². The largest absolute Gasteiger partial charge is 0.361 e. The van der Waals surface area contributed by atoms with E-state index < -0.39 is 9.84 Å². The number of aromatic nitrogens is 1. The second kappa shape index (κ2) is 6.09. The van der Waals surface area contributed by atoms with Gasteiger partial charge < -0.3 is 10.3 Å². The summed E-state index contributed by atoms with van der Waals surface area (Å²) >= 11 is 0. The third kappa shape index (κ3) is 4.09. The Morgan fingerprint density at radius 2 is 2.05 bits per heavy atom. The Balaban J connectivity index is 1.83. The molecule has 0 atom stereocenters. The second-order valence-electron chi connectivity index (χ2n) is 4.84. The van der Waals surface area contributed by atoms with Crippen molar-refractivity contribution in [3.63, 3.8) is 0 Å². The molecular formula is C14H18N2O3S. The maximum absolute atomic E-state index is 11.5. The molecule has 0 saturated heterocycles. The Labute approximate surface area is 118 Å². The second-order valence-corrected chi connectivity index (χ2v) is 7.10. The minimum atomic E-state index is -3.08. The number of hydrogen-bond donors (Lipinski definition) is 2. The van der Waals surface area contributed by atoms with Crippen LogP contribution in [0, 0.1) is 0 Å². The van der Waals surface area contributed by atoms with E-state index in [2.05, 4.69) is 10.3 Å².